The lowest BCUT2D eigenvalue weighted by molar-refractivity contribution is -0.0326. The van der Waals surface area contributed by atoms with Crippen LogP contribution < -0.4 is 10.6 Å². The molecular formula is C13H19N3O3. The van der Waals surface area contributed by atoms with E-state index in [0.717, 1.165) is 5.69 Å². The summed E-state index contributed by atoms with van der Waals surface area (Å²) in [6.45, 7) is 2.68. The lowest BCUT2D eigenvalue weighted by Crippen LogP contribution is -2.47. The molecular weight excluding hydrogens is 246 g/mol. The van der Waals surface area contributed by atoms with Crippen LogP contribution in [0.15, 0.2) is 12.1 Å². The van der Waals surface area contributed by atoms with Gasteiger partial charge in [0.1, 0.15) is 5.82 Å². The standard InChI is InChI=1S/C13H19N3O3/c1-9-2-3-10(11(14)18)12(15-9)16-6-4-13(19,8-17)5-7-16/h2-3,17,19H,4-8H2,1H3,(H2,14,18). The molecule has 1 aliphatic heterocycles. The Hall–Kier alpha value is -1.66. The quantitative estimate of drug-likeness (QED) is 0.703. The Bertz CT molecular complexity index is 482. The van der Waals surface area contributed by atoms with Crippen molar-refractivity contribution in [1.29, 1.82) is 0 Å². The number of hydrogen-bond acceptors (Lipinski definition) is 5. The molecule has 0 bridgehead atoms. The maximum atomic E-state index is 11.4. The van der Waals surface area contributed by atoms with E-state index in [0.29, 0.717) is 37.3 Å². The molecule has 0 radical (unpaired) electrons. The molecule has 6 nitrogen and oxygen atoms in total. The first kappa shape index (κ1) is 13.8. The van der Waals surface area contributed by atoms with Crippen LogP contribution >= 0.6 is 0 Å². The van der Waals surface area contributed by atoms with Crippen molar-refractivity contribution in [3.8, 4) is 0 Å². The van der Waals surface area contributed by atoms with Crippen LogP contribution in [-0.4, -0.2) is 46.4 Å². The van der Waals surface area contributed by atoms with Gasteiger partial charge in [-0.05, 0) is 31.9 Å². The fourth-order valence-electron chi connectivity index (χ4n) is 2.27. The zero-order valence-electron chi connectivity index (χ0n) is 11.0. The molecule has 0 saturated carbocycles. The number of nitrogens with two attached hydrogens (primary N) is 1. The third-order valence-electron chi connectivity index (χ3n) is 3.57. The van der Waals surface area contributed by atoms with Gasteiger partial charge in [0, 0.05) is 18.8 Å². The van der Waals surface area contributed by atoms with Crippen molar-refractivity contribution in [2.75, 3.05) is 24.6 Å². The summed E-state index contributed by atoms with van der Waals surface area (Å²) in [5.41, 5.74) is 5.53. The number of aromatic nitrogens is 1. The molecule has 1 aliphatic rings. The molecule has 1 saturated heterocycles. The number of aliphatic hydroxyl groups is 2. The van der Waals surface area contributed by atoms with E-state index in [4.69, 9.17) is 10.8 Å². The summed E-state index contributed by atoms with van der Waals surface area (Å²) in [4.78, 5) is 17.7. The number of anilines is 1. The average Bonchev–Trinajstić information content (AvgIpc) is 2.39. The van der Waals surface area contributed by atoms with Gasteiger partial charge in [0.05, 0.1) is 17.8 Å². The molecule has 0 atom stereocenters. The molecule has 2 heterocycles. The van der Waals surface area contributed by atoms with E-state index in [1.165, 1.54) is 0 Å². The van der Waals surface area contributed by atoms with Crippen LogP contribution in [0.1, 0.15) is 28.9 Å². The molecule has 6 heteroatoms. The molecule has 0 unspecified atom stereocenters. The summed E-state index contributed by atoms with van der Waals surface area (Å²) >= 11 is 0. The number of aliphatic hydroxyl groups excluding tert-OH is 1. The second kappa shape index (κ2) is 5.14. The zero-order chi connectivity index (χ0) is 14.0. The number of pyridine rings is 1. The Morgan fingerprint density at radius 3 is 2.63 bits per heavy atom. The highest BCUT2D eigenvalue weighted by Gasteiger charge is 2.33. The fraction of sp³-hybridized carbons (Fsp3) is 0.538. The summed E-state index contributed by atoms with van der Waals surface area (Å²) in [5, 5.41) is 19.1. The summed E-state index contributed by atoms with van der Waals surface area (Å²) in [6.07, 6.45) is 0.884. The maximum absolute atomic E-state index is 11.4. The zero-order valence-corrected chi connectivity index (χ0v) is 11.0. The van der Waals surface area contributed by atoms with Crippen LogP contribution in [0.5, 0.6) is 0 Å². The van der Waals surface area contributed by atoms with Gasteiger partial charge in [0.2, 0.25) is 0 Å². The van der Waals surface area contributed by atoms with E-state index >= 15 is 0 Å². The van der Waals surface area contributed by atoms with E-state index < -0.39 is 11.5 Å². The molecule has 1 aromatic rings. The Labute approximate surface area is 111 Å². The van der Waals surface area contributed by atoms with Crippen LogP contribution in [0.3, 0.4) is 0 Å². The van der Waals surface area contributed by atoms with E-state index in [-0.39, 0.29) is 6.61 Å². The first-order valence-electron chi connectivity index (χ1n) is 6.31. The van der Waals surface area contributed by atoms with E-state index in [1.54, 1.807) is 12.1 Å². The van der Waals surface area contributed by atoms with Crippen molar-refractivity contribution in [3.63, 3.8) is 0 Å². The second-order valence-electron chi connectivity index (χ2n) is 5.06. The fourth-order valence-corrected chi connectivity index (χ4v) is 2.27. The number of carbonyl (C=O) groups excluding carboxylic acids is 1. The largest absolute Gasteiger partial charge is 0.393 e. The minimum absolute atomic E-state index is 0.245. The highest BCUT2D eigenvalue weighted by molar-refractivity contribution is 5.97. The van der Waals surface area contributed by atoms with E-state index in [9.17, 15) is 9.90 Å². The molecule has 0 aromatic carbocycles. The van der Waals surface area contributed by atoms with Gasteiger partial charge in [-0.1, -0.05) is 0 Å². The third-order valence-corrected chi connectivity index (χ3v) is 3.57. The van der Waals surface area contributed by atoms with Gasteiger partial charge < -0.3 is 20.8 Å². The predicted molar refractivity (Wildman–Crippen MR) is 71.0 cm³/mol. The molecule has 104 valence electrons. The lowest BCUT2D eigenvalue weighted by Gasteiger charge is -2.38. The van der Waals surface area contributed by atoms with Crippen LogP contribution in [0.4, 0.5) is 5.82 Å². The number of hydrogen-bond donors (Lipinski definition) is 3. The third kappa shape index (κ3) is 2.85. The number of piperidine rings is 1. The average molecular weight is 265 g/mol. The number of aryl methyl sites for hydroxylation is 1. The minimum Gasteiger partial charge on any atom is -0.393 e. The Morgan fingerprint density at radius 1 is 1.47 bits per heavy atom. The molecule has 0 spiro atoms. The molecule has 1 fully saturated rings. The molecule has 1 amide bonds. The number of amides is 1. The van der Waals surface area contributed by atoms with Gasteiger partial charge in [-0.25, -0.2) is 4.98 Å². The monoisotopic (exact) mass is 265 g/mol. The second-order valence-corrected chi connectivity index (χ2v) is 5.06. The molecule has 2 rings (SSSR count). The van der Waals surface area contributed by atoms with Gasteiger partial charge >= 0.3 is 0 Å². The SMILES string of the molecule is Cc1ccc(C(N)=O)c(N2CCC(O)(CO)CC2)n1. The molecule has 1 aromatic heterocycles. The van der Waals surface area contributed by atoms with Gasteiger partial charge in [0.25, 0.3) is 5.91 Å². The highest BCUT2D eigenvalue weighted by Crippen LogP contribution is 2.27. The van der Waals surface area contributed by atoms with Crippen molar-refractivity contribution < 1.29 is 15.0 Å². The molecule has 19 heavy (non-hydrogen) atoms. The van der Waals surface area contributed by atoms with Crippen molar-refractivity contribution in [1.82, 2.24) is 4.98 Å². The van der Waals surface area contributed by atoms with Crippen LogP contribution in [0.25, 0.3) is 0 Å². The number of nitrogens with zero attached hydrogens (tertiary/aromatic N) is 2. The van der Waals surface area contributed by atoms with Gasteiger partial charge in [-0.2, -0.15) is 0 Å². The van der Waals surface area contributed by atoms with Crippen molar-refractivity contribution in [3.05, 3.63) is 23.4 Å². The Balaban J connectivity index is 2.24. The van der Waals surface area contributed by atoms with E-state index in [2.05, 4.69) is 4.98 Å². The Morgan fingerprint density at radius 2 is 2.11 bits per heavy atom. The van der Waals surface area contributed by atoms with Gasteiger partial charge in [-0.3, -0.25) is 4.79 Å². The van der Waals surface area contributed by atoms with Crippen LogP contribution in [0, 0.1) is 6.92 Å². The Kier molecular flexibility index (Phi) is 3.73. The molecule has 4 N–H and O–H groups in total. The summed E-state index contributed by atoms with van der Waals surface area (Å²) in [7, 11) is 0. The topological polar surface area (TPSA) is 99.7 Å². The highest BCUT2D eigenvalue weighted by atomic mass is 16.3. The number of primary amides is 1. The van der Waals surface area contributed by atoms with Crippen molar-refractivity contribution >= 4 is 11.7 Å². The van der Waals surface area contributed by atoms with Crippen LogP contribution in [0.2, 0.25) is 0 Å². The number of carbonyl (C=O) groups is 1. The van der Waals surface area contributed by atoms with Gasteiger partial charge in [0.15, 0.2) is 0 Å². The summed E-state index contributed by atoms with van der Waals surface area (Å²) in [5.74, 6) is 0.0537. The van der Waals surface area contributed by atoms with Gasteiger partial charge in [-0.15, -0.1) is 0 Å². The summed E-state index contributed by atoms with van der Waals surface area (Å²) in [6, 6.07) is 3.42. The molecule has 0 aliphatic carbocycles. The lowest BCUT2D eigenvalue weighted by atomic mass is 9.92. The van der Waals surface area contributed by atoms with Crippen molar-refractivity contribution in [2.45, 2.75) is 25.4 Å². The first-order chi connectivity index (χ1) is 8.95. The first-order valence-corrected chi connectivity index (χ1v) is 6.31. The van der Waals surface area contributed by atoms with Crippen LogP contribution in [-0.2, 0) is 0 Å². The maximum Gasteiger partial charge on any atom is 0.252 e. The van der Waals surface area contributed by atoms with E-state index in [1.807, 2.05) is 11.8 Å². The normalized spacial score (nSPS) is 18.4. The van der Waals surface area contributed by atoms with Crippen molar-refractivity contribution in [2.24, 2.45) is 5.73 Å². The smallest absolute Gasteiger partial charge is 0.252 e. The number of rotatable bonds is 3. The minimum atomic E-state index is -1.02. The summed E-state index contributed by atoms with van der Waals surface area (Å²) < 4.78 is 0. The predicted octanol–water partition coefficient (Wildman–Crippen LogP) is -0.187.